The number of anilines is 1. The van der Waals surface area contributed by atoms with E-state index in [0.717, 1.165) is 44.0 Å². The second-order valence-corrected chi connectivity index (χ2v) is 6.94. The molecule has 2 aromatic rings. The molecule has 1 fully saturated rings. The minimum atomic E-state index is 0. The molecule has 0 bridgehead atoms. The van der Waals surface area contributed by atoms with Crippen molar-refractivity contribution in [2.24, 2.45) is 4.99 Å². The number of aromatic hydroxyl groups is 1. The lowest BCUT2D eigenvalue weighted by Gasteiger charge is -2.34. The molecule has 3 rings (SSSR count). The van der Waals surface area contributed by atoms with E-state index in [-0.39, 0.29) is 29.7 Å². The molecular formula is C22H31IN4O2. The maximum atomic E-state index is 9.93. The number of aliphatic imine (C=N–C) groups is 1. The van der Waals surface area contributed by atoms with Crippen molar-refractivity contribution < 1.29 is 9.84 Å². The van der Waals surface area contributed by atoms with Gasteiger partial charge in [0.2, 0.25) is 0 Å². The maximum Gasteiger partial charge on any atom is 0.191 e. The Balaban J connectivity index is 0.00000300. The summed E-state index contributed by atoms with van der Waals surface area (Å²) in [6.45, 7) is 5.44. The van der Waals surface area contributed by atoms with Gasteiger partial charge in [-0.25, -0.2) is 4.99 Å². The van der Waals surface area contributed by atoms with Crippen LogP contribution >= 0.6 is 24.0 Å². The van der Waals surface area contributed by atoms with Crippen LogP contribution in [-0.2, 0) is 6.54 Å². The number of hydrogen-bond acceptors (Lipinski definition) is 4. The number of para-hydroxylation sites is 1. The molecule has 0 radical (unpaired) electrons. The Morgan fingerprint density at radius 2 is 1.90 bits per heavy atom. The van der Waals surface area contributed by atoms with E-state index in [0.29, 0.717) is 18.3 Å². The summed E-state index contributed by atoms with van der Waals surface area (Å²) in [4.78, 5) is 7.11. The minimum absolute atomic E-state index is 0. The first kappa shape index (κ1) is 23.1. The van der Waals surface area contributed by atoms with Gasteiger partial charge in [0.1, 0.15) is 0 Å². The standard InChI is InChI=1S/C22H30N4O2.HI/c1-3-23-22(24-16-17-9-10-21(28-2)20(27)15-17)25-18-11-13-26(14-12-18)19-7-5-4-6-8-19;/h4-10,15,18,27H,3,11-14,16H2,1-2H3,(H2,23,24,25);1H. The van der Waals surface area contributed by atoms with Crippen LogP contribution < -0.4 is 20.3 Å². The number of methoxy groups -OCH3 is 1. The summed E-state index contributed by atoms with van der Waals surface area (Å²) in [6.07, 6.45) is 2.14. The molecule has 1 aliphatic rings. The highest BCUT2D eigenvalue weighted by atomic mass is 127. The van der Waals surface area contributed by atoms with Gasteiger partial charge >= 0.3 is 0 Å². The topological polar surface area (TPSA) is 69.1 Å². The Hall–Kier alpha value is -2.16. The molecule has 158 valence electrons. The van der Waals surface area contributed by atoms with Gasteiger partial charge in [-0.3, -0.25) is 0 Å². The number of hydrogen-bond donors (Lipinski definition) is 3. The quantitative estimate of drug-likeness (QED) is 0.314. The van der Waals surface area contributed by atoms with E-state index in [2.05, 4.69) is 57.8 Å². The normalized spacial score (nSPS) is 14.8. The van der Waals surface area contributed by atoms with Gasteiger partial charge in [-0.1, -0.05) is 24.3 Å². The van der Waals surface area contributed by atoms with Gasteiger partial charge in [0.15, 0.2) is 17.5 Å². The average Bonchev–Trinajstić information content (AvgIpc) is 2.73. The van der Waals surface area contributed by atoms with Gasteiger partial charge in [-0.05, 0) is 49.6 Å². The molecule has 6 nitrogen and oxygen atoms in total. The number of guanidine groups is 1. The van der Waals surface area contributed by atoms with Gasteiger partial charge in [0.25, 0.3) is 0 Å². The highest BCUT2D eigenvalue weighted by Gasteiger charge is 2.20. The Kier molecular flexibility index (Phi) is 9.37. The van der Waals surface area contributed by atoms with E-state index in [1.807, 2.05) is 6.07 Å². The molecule has 7 heteroatoms. The summed E-state index contributed by atoms with van der Waals surface area (Å²) >= 11 is 0. The van der Waals surface area contributed by atoms with Crippen LogP contribution in [0.3, 0.4) is 0 Å². The highest BCUT2D eigenvalue weighted by Crippen LogP contribution is 2.26. The zero-order valence-corrected chi connectivity index (χ0v) is 19.4. The number of nitrogens with zero attached hydrogens (tertiary/aromatic N) is 2. The zero-order valence-electron chi connectivity index (χ0n) is 17.1. The Bertz CT molecular complexity index is 778. The summed E-state index contributed by atoms with van der Waals surface area (Å²) in [5.74, 6) is 1.43. The van der Waals surface area contributed by atoms with Crippen molar-refractivity contribution in [2.75, 3.05) is 31.6 Å². The predicted octanol–water partition coefficient (Wildman–Crippen LogP) is 3.74. The summed E-state index contributed by atoms with van der Waals surface area (Å²) in [5.41, 5.74) is 2.23. The number of piperidine rings is 1. The lowest BCUT2D eigenvalue weighted by atomic mass is 10.0. The molecular weight excluding hydrogens is 479 g/mol. The first-order chi connectivity index (χ1) is 13.7. The molecule has 0 saturated carbocycles. The van der Waals surface area contributed by atoms with Crippen LogP contribution in [0.2, 0.25) is 0 Å². The Morgan fingerprint density at radius 1 is 1.17 bits per heavy atom. The molecule has 1 saturated heterocycles. The number of phenols is 1. The molecule has 3 N–H and O–H groups in total. The molecule has 1 aliphatic heterocycles. The third-order valence-electron chi connectivity index (χ3n) is 4.96. The molecule has 0 aromatic heterocycles. The molecule has 0 unspecified atom stereocenters. The van der Waals surface area contributed by atoms with Crippen molar-refractivity contribution in [2.45, 2.75) is 32.4 Å². The molecule has 0 amide bonds. The van der Waals surface area contributed by atoms with E-state index >= 15 is 0 Å². The number of rotatable bonds is 6. The van der Waals surface area contributed by atoms with E-state index in [1.165, 1.54) is 5.69 Å². The van der Waals surface area contributed by atoms with Gasteiger partial charge in [-0.2, -0.15) is 0 Å². The van der Waals surface area contributed by atoms with E-state index in [4.69, 9.17) is 4.74 Å². The number of benzene rings is 2. The van der Waals surface area contributed by atoms with Crippen molar-refractivity contribution in [3.63, 3.8) is 0 Å². The van der Waals surface area contributed by atoms with Crippen molar-refractivity contribution in [1.29, 1.82) is 0 Å². The van der Waals surface area contributed by atoms with E-state index in [9.17, 15) is 5.11 Å². The van der Waals surface area contributed by atoms with Crippen LogP contribution in [-0.4, -0.2) is 43.9 Å². The predicted molar refractivity (Wildman–Crippen MR) is 130 cm³/mol. The second-order valence-electron chi connectivity index (χ2n) is 6.94. The van der Waals surface area contributed by atoms with Crippen LogP contribution in [0.1, 0.15) is 25.3 Å². The smallest absolute Gasteiger partial charge is 0.191 e. The molecule has 1 heterocycles. The lowest BCUT2D eigenvalue weighted by molar-refractivity contribution is 0.373. The fraction of sp³-hybridized carbons (Fsp3) is 0.409. The van der Waals surface area contributed by atoms with Crippen LogP contribution in [0.25, 0.3) is 0 Å². The Morgan fingerprint density at radius 3 is 2.52 bits per heavy atom. The van der Waals surface area contributed by atoms with Crippen molar-refractivity contribution in [3.8, 4) is 11.5 Å². The first-order valence-electron chi connectivity index (χ1n) is 9.90. The maximum absolute atomic E-state index is 9.93. The van der Waals surface area contributed by atoms with Gasteiger partial charge in [0, 0.05) is 31.4 Å². The number of ether oxygens (including phenoxy) is 1. The molecule has 0 aliphatic carbocycles. The van der Waals surface area contributed by atoms with Gasteiger partial charge in [-0.15, -0.1) is 24.0 Å². The van der Waals surface area contributed by atoms with E-state index in [1.54, 1.807) is 19.2 Å². The molecule has 0 spiro atoms. The summed E-state index contributed by atoms with van der Waals surface area (Å²) in [6, 6.07) is 16.4. The van der Waals surface area contributed by atoms with Gasteiger partial charge in [0.05, 0.1) is 13.7 Å². The van der Waals surface area contributed by atoms with Crippen molar-refractivity contribution in [3.05, 3.63) is 54.1 Å². The van der Waals surface area contributed by atoms with Crippen LogP contribution in [0.4, 0.5) is 5.69 Å². The third-order valence-corrected chi connectivity index (χ3v) is 4.96. The lowest BCUT2D eigenvalue weighted by Crippen LogP contribution is -2.48. The largest absolute Gasteiger partial charge is 0.504 e. The number of halogens is 1. The van der Waals surface area contributed by atoms with Crippen molar-refractivity contribution >= 4 is 35.6 Å². The third kappa shape index (κ3) is 6.69. The van der Waals surface area contributed by atoms with Crippen LogP contribution in [0.5, 0.6) is 11.5 Å². The van der Waals surface area contributed by atoms with E-state index < -0.39 is 0 Å². The minimum Gasteiger partial charge on any atom is -0.504 e. The first-order valence-corrected chi connectivity index (χ1v) is 9.90. The Labute approximate surface area is 190 Å². The fourth-order valence-electron chi connectivity index (χ4n) is 3.44. The monoisotopic (exact) mass is 510 g/mol. The molecule has 2 aromatic carbocycles. The SMILES string of the molecule is CCNC(=NCc1ccc(OC)c(O)c1)NC1CCN(c2ccccc2)CC1.I. The second kappa shape index (κ2) is 11.7. The average molecular weight is 510 g/mol. The molecule has 0 atom stereocenters. The zero-order chi connectivity index (χ0) is 19.8. The van der Waals surface area contributed by atoms with Crippen LogP contribution in [0.15, 0.2) is 53.5 Å². The summed E-state index contributed by atoms with van der Waals surface area (Å²) in [7, 11) is 1.54. The highest BCUT2D eigenvalue weighted by molar-refractivity contribution is 14.0. The van der Waals surface area contributed by atoms with Gasteiger partial charge < -0.3 is 25.4 Å². The number of phenolic OH excluding ortho intramolecular Hbond substituents is 1. The molecule has 29 heavy (non-hydrogen) atoms. The number of nitrogens with one attached hydrogen (secondary N) is 2. The van der Waals surface area contributed by atoms with Crippen LogP contribution in [0, 0.1) is 0 Å². The van der Waals surface area contributed by atoms with Crippen molar-refractivity contribution in [1.82, 2.24) is 10.6 Å². The fourth-order valence-corrected chi connectivity index (χ4v) is 3.44. The summed E-state index contributed by atoms with van der Waals surface area (Å²) in [5, 5.41) is 16.8. The summed E-state index contributed by atoms with van der Waals surface area (Å²) < 4.78 is 5.09.